The van der Waals surface area contributed by atoms with Gasteiger partial charge in [-0.2, -0.15) is 13.1 Å². The van der Waals surface area contributed by atoms with Crippen molar-refractivity contribution < 1.29 is 26.3 Å². The second kappa shape index (κ2) is 7.59. The van der Waals surface area contributed by atoms with Gasteiger partial charge < -0.3 is 10.1 Å². The minimum Gasteiger partial charge on any atom is -0.494 e. The molecule has 11 heteroatoms. The molecule has 2 aromatic rings. The summed E-state index contributed by atoms with van der Waals surface area (Å²) in [4.78, 5) is 0. The van der Waals surface area contributed by atoms with Gasteiger partial charge >= 0.3 is 0 Å². The van der Waals surface area contributed by atoms with Crippen LogP contribution in [0.15, 0.2) is 24.3 Å². The van der Waals surface area contributed by atoms with E-state index in [0.29, 0.717) is 22.5 Å². The van der Waals surface area contributed by atoms with Crippen LogP contribution in [0.4, 0.5) is 30.2 Å². The predicted molar refractivity (Wildman–Crippen MR) is 109 cm³/mol. The molecule has 1 fully saturated rings. The highest BCUT2D eigenvalue weighted by Gasteiger charge is 2.41. The molecule has 0 amide bonds. The lowest BCUT2D eigenvalue weighted by atomic mass is 10.2. The first-order valence-electron chi connectivity index (χ1n) is 8.13. The zero-order valence-corrected chi connectivity index (χ0v) is 17.8. The zero-order chi connectivity index (χ0) is 20.7. The number of anilines is 3. The van der Waals surface area contributed by atoms with Crippen molar-refractivity contribution in [3.8, 4) is 5.75 Å². The molecule has 0 unspecified atom stereocenters. The minimum absolute atomic E-state index is 0.158. The van der Waals surface area contributed by atoms with Crippen LogP contribution in [0.5, 0.6) is 5.75 Å². The van der Waals surface area contributed by atoms with E-state index in [2.05, 4.69) is 14.8 Å². The van der Waals surface area contributed by atoms with Crippen LogP contribution in [0.1, 0.15) is 19.8 Å². The predicted octanol–water partition coefficient (Wildman–Crippen LogP) is 4.26. The fourth-order valence-electron chi connectivity index (χ4n) is 2.48. The minimum atomic E-state index is -4.13. The first-order valence-corrected chi connectivity index (χ1v) is 10.7. The van der Waals surface area contributed by atoms with Crippen molar-refractivity contribution in [3.05, 3.63) is 45.3 Å². The molecule has 152 valence electrons. The average Bonchev–Trinajstić information content (AvgIpc) is 3.31. The van der Waals surface area contributed by atoms with Crippen molar-refractivity contribution in [2.75, 3.05) is 17.1 Å². The fourth-order valence-corrected chi connectivity index (χ4v) is 4.31. The lowest BCUT2D eigenvalue weighted by molar-refractivity contribution is 0.409. The third kappa shape index (κ3) is 4.63. The Balaban J connectivity index is 2.05. The van der Waals surface area contributed by atoms with Crippen LogP contribution in [0.3, 0.4) is 0 Å². The maximum Gasteiger partial charge on any atom is 0.299 e. The Morgan fingerprint density at radius 2 is 1.79 bits per heavy atom. The normalized spacial score (nSPS) is 15.2. The molecule has 0 saturated heterocycles. The van der Waals surface area contributed by atoms with Crippen LogP contribution in [0.25, 0.3) is 0 Å². The second-order valence-electron chi connectivity index (χ2n) is 6.64. The number of methoxy groups -OCH3 is 1. The molecule has 3 N–H and O–H groups in total. The Kier molecular flexibility index (Phi) is 5.69. The number of halogens is 4. The van der Waals surface area contributed by atoms with Crippen LogP contribution in [-0.4, -0.2) is 21.1 Å². The molecule has 1 saturated carbocycles. The number of benzene rings is 2. The van der Waals surface area contributed by atoms with Crippen LogP contribution in [0, 0.1) is 21.0 Å². The topological polar surface area (TPSA) is 79.5 Å². The Morgan fingerprint density at radius 3 is 2.36 bits per heavy atom. The van der Waals surface area contributed by atoms with E-state index in [1.165, 1.54) is 19.2 Å². The summed E-state index contributed by atoms with van der Waals surface area (Å²) in [5, 5.41) is 2.42. The molecule has 0 radical (unpaired) electrons. The summed E-state index contributed by atoms with van der Waals surface area (Å²) in [6.45, 7) is 1.72. The molecular formula is C17H17F3IN3O3S. The van der Waals surface area contributed by atoms with Crippen LogP contribution < -0.4 is 19.5 Å². The SMILES string of the molecule is COc1cc(F)c(F)c(Nc2ccc(I)cc2F)c1NS(=O)(=O)NC1(C)CC1. The van der Waals surface area contributed by atoms with Crippen LogP contribution in [-0.2, 0) is 10.2 Å². The van der Waals surface area contributed by atoms with Crippen molar-refractivity contribution in [1.29, 1.82) is 0 Å². The van der Waals surface area contributed by atoms with Crippen molar-refractivity contribution in [3.63, 3.8) is 0 Å². The lowest BCUT2D eigenvalue weighted by Gasteiger charge is -2.20. The highest BCUT2D eigenvalue weighted by molar-refractivity contribution is 14.1. The monoisotopic (exact) mass is 527 g/mol. The number of rotatable bonds is 7. The first kappa shape index (κ1) is 21.0. The van der Waals surface area contributed by atoms with Gasteiger partial charge in [-0.1, -0.05) is 0 Å². The highest BCUT2D eigenvalue weighted by atomic mass is 127. The smallest absolute Gasteiger partial charge is 0.299 e. The molecule has 28 heavy (non-hydrogen) atoms. The maximum absolute atomic E-state index is 14.5. The van der Waals surface area contributed by atoms with E-state index < -0.39 is 38.9 Å². The third-order valence-electron chi connectivity index (χ3n) is 4.21. The van der Waals surface area contributed by atoms with Gasteiger partial charge in [-0.25, -0.2) is 13.2 Å². The van der Waals surface area contributed by atoms with E-state index in [-0.39, 0.29) is 17.1 Å². The van der Waals surface area contributed by atoms with Crippen molar-refractivity contribution in [1.82, 2.24) is 4.72 Å². The maximum atomic E-state index is 14.5. The summed E-state index contributed by atoms with van der Waals surface area (Å²) >= 11 is 1.90. The third-order valence-corrected chi connectivity index (χ3v) is 6.12. The largest absolute Gasteiger partial charge is 0.494 e. The average molecular weight is 527 g/mol. The summed E-state index contributed by atoms with van der Waals surface area (Å²) in [7, 11) is -2.95. The van der Waals surface area contributed by atoms with Gasteiger partial charge in [0.25, 0.3) is 10.2 Å². The summed E-state index contributed by atoms with van der Waals surface area (Å²) in [6.07, 6.45) is 1.31. The first-order chi connectivity index (χ1) is 13.0. The molecule has 0 bridgehead atoms. The van der Waals surface area contributed by atoms with E-state index in [4.69, 9.17) is 4.74 Å². The van der Waals surface area contributed by atoms with Crippen molar-refractivity contribution >= 4 is 49.9 Å². The molecule has 0 aromatic heterocycles. The Morgan fingerprint density at radius 1 is 1.11 bits per heavy atom. The number of nitrogens with one attached hydrogen (secondary N) is 3. The summed E-state index contributed by atoms with van der Waals surface area (Å²) in [5.41, 5.74) is -1.72. The molecular weight excluding hydrogens is 510 g/mol. The van der Waals surface area contributed by atoms with Crippen LogP contribution >= 0.6 is 22.6 Å². The van der Waals surface area contributed by atoms with Gasteiger partial charge in [-0.05, 0) is 60.6 Å². The quantitative estimate of drug-likeness (QED) is 0.471. The van der Waals surface area contributed by atoms with Gasteiger partial charge in [0.2, 0.25) is 0 Å². The molecule has 0 aliphatic heterocycles. The number of ether oxygens (including phenoxy) is 1. The second-order valence-corrected chi connectivity index (χ2v) is 9.30. The standard InChI is InChI=1S/C17H17F3IN3O3S/c1-17(5-6-17)24-28(25,26)23-15-13(27-2)8-11(19)14(20)16(15)22-12-4-3-9(21)7-10(12)18/h3-4,7-8,22-24H,5-6H2,1-2H3. The van der Waals surface area contributed by atoms with Gasteiger partial charge in [0.1, 0.15) is 22.9 Å². The van der Waals surface area contributed by atoms with Gasteiger partial charge in [-0.3, -0.25) is 4.72 Å². The summed E-state index contributed by atoms with van der Waals surface area (Å²) in [6, 6.07) is 4.79. The molecule has 3 rings (SSSR count). The molecule has 0 heterocycles. The molecule has 1 aliphatic carbocycles. The molecule has 0 spiro atoms. The van der Waals surface area contributed by atoms with E-state index in [1.807, 2.05) is 22.6 Å². The van der Waals surface area contributed by atoms with Gasteiger partial charge in [0.05, 0.1) is 12.8 Å². The van der Waals surface area contributed by atoms with E-state index in [0.717, 1.165) is 0 Å². The molecule has 2 aromatic carbocycles. The lowest BCUT2D eigenvalue weighted by Crippen LogP contribution is -2.38. The van der Waals surface area contributed by atoms with E-state index >= 15 is 0 Å². The molecule has 0 atom stereocenters. The molecule has 6 nitrogen and oxygen atoms in total. The van der Waals surface area contributed by atoms with Gasteiger partial charge in [0.15, 0.2) is 11.6 Å². The van der Waals surface area contributed by atoms with E-state index in [9.17, 15) is 21.6 Å². The summed E-state index contributed by atoms with van der Waals surface area (Å²) in [5.74, 6) is -3.64. The summed E-state index contributed by atoms with van der Waals surface area (Å²) < 4.78 is 77.8. The zero-order valence-electron chi connectivity index (χ0n) is 14.9. The number of hydrogen-bond acceptors (Lipinski definition) is 4. The van der Waals surface area contributed by atoms with E-state index in [1.54, 1.807) is 13.0 Å². The van der Waals surface area contributed by atoms with Crippen molar-refractivity contribution in [2.45, 2.75) is 25.3 Å². The highest BCUT2D eigenvalue weighted by Crippen LogP contribution is 2.40. The Hall–Kier alpha value is -1.73. The van der Waals surface area contributed by atoms with Crippen LogP contribution in [0.2, 0.25) is 0 Å². The van der Waals surface area contributed by atoms with Gasteiger partial charge in [0, 0.05) is 15.2 Å². The Labute approximate surface area is 174 Å². The fraction of sp³-hybridized carbons (Fsp3) is 0.294. The van der Waals surface area contributed by atoms with Gasteiger partial charge in [-0.15, -0.1) is 0 Å². The number of hydrogen-bond donors (Lipinski definition) is 3. The molecule has 1 aliphatic rings. The Bertz CT molecular complexity index is 1030. The van der Waals surface area contributed by atoms with Crippen molar-refractivity contribution in [2.24, 2.45) is 0 Å².